The van der Waals surface area contributed by atoms with Crippen LogP contribution in [0.1, 0.15) is 38.2 Å². The Morgan fingerprint density at radius 1 is 1.28 bits per heavy atom. The molecular formula is C21H24N2O4S2. The SMILES string of the molecule is CC1CCN(C(=O)CCCN2C(=O)/C(=C\c3ccc4c(c3)OCO4)SC2=S)CC1. The molecule has 1 aromatic rings. The fourth-order valence-electron chi connectivity index (χ4n) is 3.65. The van der Waals surface area contributed by atoms with Crippen LogP contribution in [0.4, 0.5) is 0 Å². The number of rotatable bonds is 5. The summed E-state index contributed by atoms with van der Waals surface area (Å²) < 4.78 is 11.2. The van der Waals surface area contributed by atoms with Crippen molar-refractivity contribution in [2.75, 3.05) is 26.4 Å². The summed E-state index contributed by atoms with van der Waals surface area (Å²) in [6, 6.07) is 5.58. The van der Waals surface area contributed by atoms with Gasteiger partial charge in [-0.15, -0.1) is 0 Å². The van der Waals surface area contributed by atoms with E-state index in [4.69, 9.17) is 21.7 Å². The predicted molar refractivity (Wildman–Crippen MR) is 117 cm³/mol. The number of amides is 2. The molecule has 1 aromatic carbocycles. The van der Waals surface area contributed by atoms with Gasteiger partial charge in [0.05, 0.1) is 4.91 Å². The summed E-state index contributed by atoms with van der Waals surface area (Å²) in [6.45, 7) is 4.61. The number of ether oxygens (including phenoxy) is 2. The lowest BCUT2D eigenvalue weighted by Gasteiger charge is -2.30. The van der Waals surface area contributed by atoms with Gasteiger partial charge >= 0.3 is 0 Å². The van der Waals surface area contributed by atoms with Crippen LogP contribution in [0.3, 0.4) is 0 Å². The van der Waals surface area contributed by atoms with Crippen molar-refractivity contribution in [1.29, 1.82) is 0 Å². The maximum atomic E-state index is 12.8. The van der Waals surface area contributed by atoms with Gasteiger partial charge in [0.25, 0.3) is 5.91 Å². The molecule has 0 N–H and O–H groups in total. The maximum Gasteiger partial charge on any atom is 0.266 e. The van der Waals surface area contributed by atoms with Gasteiger partial charge in [-0.25, -0.2) is 0 Å². The Hall–Kier alpha value is -2.06. The second kappa shape index (κ2) is 8.75. The average molecular weight is 433 g/mol. The third kappa shape index (κ3) is 4.59. The number of carbonyl (C=O) groups excluding carboxylic acids is 2. The largest absolute Gasteiger partial charge is 0.454 e. The summed E-state index contributed by atoms with van der Waals surface area (Å²) in [4.78, 5) is 29.3. The zero-order valence-electron chi connectivity index (χ0n) is 16.4. The lowest BCUT2D eigenvalue weighted by Crippen LogP contribution is -2.38. The molecule has 29 heavy (non-hydrogen) atoms. The molecule has 3 aliphatic rings. The summed E-state index contributed by atoms with van der Waals surface area (Å²) >= 11 is 6.69. The van der Waals surface area contributed by atoms with Crippen LogP contribution in [-0.4, -0.2) is 52.4 Å². The average Bonchev–Trinajstić information content (AvgIpc) is 3.27. The van der Waals surface area contributed by atoms with Crippen molar-refractivity contribution >= 4 is 46.2 Å². The predicted octanol–water partition coefficient (Wildman–Crippen LogP) is 3.66. The second-order valence-electron chi connectivity index (χ2n) is 7.61. The molecule has 0 aromatic heterocycles. The van der Waals surface area contributed by atoms with Gasteiger partial charge in [-0.1, -0.05) is 37.0 Å². The smallest absolute Gasteiger partial charge is 0.266 e. The summed E-state index contributed by atoms with van der Waals surface area (Å²) in [5.41, 5.74) is 0.865. The number of thiocarbonyl (C=S) groups is 1. The molecule has 4 rings (SSSR count). The number of carbonyl (C=O) groups is 2. The minimum Gasteiger partial charge on any atom is -0.454 e. The van der Waals surface area contributed by atoms with Gasteiger partial charge in [-0.3, -0.25) is 14.5 Å². The van der Waals surface area contributed by atoms with E-state index in [1.807, 2.05) is 29.2 Å². The van der Waals surface area contributed by atoms with Crippen LogP contribution in [0, 0.1) is 5.92 Å². The summed E-state index contributed by atoms with van der Waals surface area (Å²) in [6.07, 6.45) is 5.04. The molecule has 154 valence electrons. The van der Waals surface area contributed by atoms with Crippen LogP contribution >= 0.6 is 24.0 Å². The normalized spacial score (nSPS) is 20.8. The molecule has 2 amide bonds. The van der Waals surface area contributed by atoms with E-state index in [0.29, 0.717) is 46.0 Å². The highest BCUT2D eigenvalue weighted by molar-refractivity contribution is 8.26. The number of piperidine rings is 1. The van der Waals surface area contributed by atoms with E-state index in [2.05, 4.69) is 6.92 Å². The summed E-state index contributed by atoms with van der Waals surface area (Å²) in [5, 5.41) is 0. The van der Waals surface area contributed by atoms with Crippen LogP contribution in [0.25, 0.3) is 6.08 Å². The fraction of sp³-hybridized carbons (Fsp3) is 0.476. The highest BCUT2D eigenvalue weighted by Gasteiger charge is 2.32. The lowest BCUT2D eigenvalue weighted by atomic mass is 9.99. The van der Waals surface area contributed by atoms with Gasteiger partial charge < -0.3 is 14.4 Å². The minimum absolute atomic E-state index is 0.100. The zero-order chi connectivity index (χ0) is 20.4. The van der Waals surface area contributed by atoms with Crippen LogP contribution in [-0.2, 0) is 9.59 Å². The van der Waals surface area contributed by atoms with Gasteiger partial charge in [0.1, 0.15) is 4.32 Å². The first kappa shape index (κ1) is 20.2. The second-order valence-corrected chi connectivity index (χ2v) is 9.29. The Morgan fingerprint density at radius 2 is 2.03 bits per heavy atom. The first-order valence-electron chi connectivity index (χ1n) is 9.94. The maximum absolute atomic E-state index is 12.8. The third-order valence-corrected chi connectivity index (χ3v) is 6.85. The van der Waals surface area contributed by atoms with Crippen LogP contribution in [0.2, 0.25) is 0 Å². The molecular weight excluding hydrogens is 408 g/mol. The molecule has 2 saturated heterocycles. The Kier molecular flexibility index (Phi) is 6.10. The number of benzene rings is 1. The molecule has 0 atom stereocenters. The molecule has 3 aliphatic heterocycles. The van der Waals surface area contributed by atoms with Crippen molar-refractivity contribution in [2.24, 2.45) is 5.92 Å². The molecule has 0 spiro atoms. The van der Waals surface area contributed by atoms with Crippen molar-refractivity contribution in [2.45, 2.75) is 32.6 Å². The van der Waals surface area contributed by atoms with E-state index >= 15 is 0 Å². The van der Waals surface area contributed by atoms with Crippen LogP contribution < -0.4 is 9.47 Å². The Bertz CT molecular complexity index is 862. The van der Waals surface area contributed by atoms with Crippen molar-refractivity contribution in [3.63, 3.8) is 0 Å². The topological polar surface area (TPSA) is 59.1 Å². The number of nitrogens with zero attached hydrogens (tertiary/aromatic N) is 2. The Labute approximate surface area is 180 Å². The van der Waals surface area contributed by atoms with Crippen LogP contribution in [0.15, 0.2) is 23.1 Å². The zero-order valence-corrected chi connectivity index (χ0v) is 18.0. The first-order chi connectivity index (χ1) is 14.0. The summed E-state index contributed by atoms with van der Waals surface area (Å²) in [5.74, 6) is 2.17. The molecule has 0 saturated carbocycles. The number of hydrogen-bond donors (Lipinski definition) is 0. The van der Waals surface area contributed by atoms with Crippen molar-refractivity contribution in [3.05, 3.63) is 28.7 Å². The molecule has 0 aliphatic carbocycles. The van der Waals surface area contributed by atoms with Gasteiger partial charge in [0, 0.05) is 26.1 Å². The highest BCUT2D eigenvalue weighted by atomic mass is 32.2. The van der Waals surface area contributed by atoms with Gasteiger partial charge in [-0.05, 0) is 49.0 Å². The number of fused-ring (bicyclic) bond motifs is 1. The third-order valence-electron chi connectivity index (χ3n) is 5.48. The molecule has 8 heteroatoms. The van der Waals surface area contributed by atoms with E-state index in [1.165, 1.54) is 11.8 Å². The Balaban J connectivity index is 1.32. The van der Waals surface area contributed by atoms with E-state index in [1.54, 1.807) is 4.90 Å². The van der Waals surface area contributed by atoms with Gasteiger partial charge in [0.15, 0.2) is 11.5 Å². The first-order valence-corrected chi connectivity index (χ1v) is 11.2. The minimum atomic E-state index is -0.100. The summed E-state index contributed by atoms with van der Waals surface area (Å²) in [7, 11) is 0. The fourth-order valence-corrected chi connectivity index (χ4v) is 4.96. The molecule has 3 heterocycles. The lowest BCUT2D eigenvalue weighted by molar-refractivity contribution is -0.133. The van der Waals surface area contributed by atoms with Crippen molar-refractivity contribution in [1.82, 2.24) is 9.80 Å². The molecule has 0 radical (unpaired) electrons. The van der Waals surface area contributed by atoms with Crippen molar-refractivity contribution < 1.29 is 19.1 Å². The molecule has 0 unspecified atom stereocenters. The number of likely N-dealkylation sites (tertiary alicyclic amines) is 1. The quantitative estimate of drug-likeness (QED) is 0.523. The molecule has 6 nitrogen and oxygen atoms in total. The van der Waals surface area contributed by atoms with E-state index in [9.17, 15) is 9.59 Å². The van der Waals surface area contributed by atoms with E-state index < -0.39 is 0 Å². The molecule has 0 bridgehead atoms. The van der Waals surface area contributed by atoms with E-state index in [-0.39, 0.29) is 18.6 Å². The van der Waals surface area contributed by atoms with E-state index in [0.717, 1.165) is 31.5 Å². The number of hydrogen-bond acceptors (Lipinski definition) is 6. The standard InChI is InChI=1S/C21H24N2O4S2/c1-14-6-9-22(10-7-14)19(24)3-2-8-23-20(25)18(29-21(23)28)12-15-4-5-16-17(11-15)27-13-26-16/h4-5,11-12,14H,2-3,6-10,13H2,1H3/b18-12+. The molecule has 2 fully saturated rings. The monoisotopic (exact) mass is 432 g/mol. The van der Waals surface area contributed by atoms with Crippen molar-refractivity contribution in [3.8, 4) is 11.5 Å². The number of thioether (sulfide) groups is 1. The van der Waals surface area contributed by atoms with Crippen LogP contribution in [0.5, 0.6) is 11.5 Å². The van der Waals surface area contributed by atoms with Gasteiger partial charge in [-0.2, -0.15) is 0 Å². The Morgan fingerprint density at radius 3 is 2.83 bits per heavy atom. The highest BCUT2D eigenvalue weighted by Crippen LogP contribution is 2.36. The van der Waals surface area contributed by atoms with Gasteiger partial charge in [0.2, 0.25) is 12.7 Å².